The van der Waals surface area contributed by atoms with E-state index in [0.717, 1.165) is 16.8 Å². The zero-order valence-electron chi connectivity index (χ0n) is 10.2. The molecule has 1 aromatic carbocycles. The lowest BCUT2D eigenvalue weighted by Gasteiger charge is -2.19. The Morgan fingerprint density at radius 3 is 2.82 bits per heavy atom. The Bertz CT molecular complexity index is 335. The van der Waals surface area contributed by atoms with Gasteiger partial charge in [0.15, 0.2) is 0 Å². The van der Waals surface area contributed by atoms with Crippen molar-refractivity contribution in [1.29, 1.82) is 0 Å². The highest BCUT2D eigenvalue weighted by atomic mass is 79.9. The van der Waals surface area contributed by atoms with Crippen molar-refractivity contribution >= 4 is 27.5 Å². The monoisotopic (exact) mass is 319 g/mol. The van der Waals surface area contributed by atoms with Gasteiger partial charge in [-0.05, 0) is 31.0 Å². The Kier molecular flexibility index (Phi) is 6.93. The van der Waals surface area contributed by atoms with Crippen LogP contribution in [-0.2, 0) is 0 Å². The average molecular weight is 321 g/mol. The quantitative estimate of drug-likeness (QED) is 0.611. The summed E-state index contributed by atoms with van der Waals surface area (Å²) in [5, 5.41) is 3.40. The van der Waals surface area contributed by atoms with Crippen molar-refractivity contribution in [2.24, 2.45) is 5.92 Å². The lowest BCUT2D eigenvalue weighted by molar-refractivity contribution is 0.297. The standard InChI is InChI=1S/C13H19BrClNO/c1-10(9-15)11(2)16-6-7-17-13-5-3-4-12(14)8-13/h3-5,8,10-11,16H,6-7,9H2,1-2H3. The number of halogens is 2. The number of rotatable bonds is 7. The topological polar surface area (TPSA) is 21.3 Å². The molecule has 4 heteroatoms. The third-order valence-corrected chi connectivity index (χ3v) is 3.71. The molecular formula is C13H19BrClNO. The van der Waals surface area contributed by atoms with Crippen LogP contribution in [0.4, 0.5) is 0 Å². The molecule has 0 saturated heterocycles. The van der Waals surface area contributed by atoms with Crippen LogP contribution in [-0.4, -0.2) is 25.1 Å². The van der Waals surface area contributed by atoms with Crippen LogP contribution in [0.25, 0.3) is 0 Å². The molecule has 0 aliphatic carbocycles. The first-order valence-corrected chi connectivity index (χ1v) is 7.14. The van der Waals surface area contributed by atoms with Crippen molar-refractivity contribution in [3.63, 3.8) is 0 Å². The zero-order valence-corrected chi connectivity index (χ0v) is 12.6. The molecule has 2 nitrogen and oxygen atoms in total. The van der Waals surface area contributed by atoms with Crippen molar-refractivity contribution in [2.45, 2.75) is 19.9 Å². The minimum Gasteiger partial charge on any atom is -0.492 e. The minimum absolute atomic E-state index is 0.415. The Labute approximate surface area is 117 Å². The second-order valence-corrected chi connectivity index (χ2v) is 5.40. The first-order chi connectivity index (χ1) is 8.13. The summed E-state index contributed by atoms with van der Waals surface area (Å²) in [6.45, 7) is 5.77. The SMILES string of the molecule is CC(CCl)C(C)NCCOc1cccc(Br)c1. The Balaban J connectivity index is 2.20. The van der Waals surface area contributed by atoms with E-state index in [1.54, 1.807) is 0 Å². The van der Waals surface area contributed by atoms with Gasteiger partial charge >= 0.3 is 0 Å². The van der Waals surface area contributed by atoms with Crippen molar-refractivity contribution in [3.8, 4) is 5.75 Å². The van der Waals surface area contributed by atoms with Crippen molar-refractivity contribution in [2.75, 3.05) is 19.0 Å². The van der Waals surface area contributed by atoms with Gasteiger partial charge in [0.1, 0.15) is 12.4 Å². The van der Waals surface area contributed by atoms with Gasteiger partial charge in [0.05, 0.1) is 0 Å². The molecular weight excluding hydrogens is 302 g/mol. The number of alkyl halides is 1. The molecule has 17 heavy (non-hydrogen) atoms. The van der Waals surface area contributed by atoms with Crippen molar-refractivity contribution in [1.82, 2.24) is 5.32 Å². The first kappa shape index (κ1) is 14.8. The van der Waals surface area contributed by atoms with E-state index in [-0.39, 0.29) is 0 Å². The van der Waals surface area contributed by atoms with Gasteiger partial charge in [0.25, 0.3) is 0 Å². The summed E-state index contributed by atoms with van der Waals surface area (Å²) < 4.78 is 6.66. The average Bonchev–Trinajstić information content (AvgIpc) is 2.33. The van der Waals surface area contributed by atoms with E-state index < -0.39 is 0 Å². The zero-order chi connectivity index (χ0) is 12.7. The van der Waals surface area contributed by atoms with E-state index in [2.05, 4.69) is 35.1 Å². The Morgan fingerprint density at radius 1 is 1.41 bits per heavy atom. The maximum Gasteiger partial charge on any atom is 0.120 e. The van der Waals surface area contributed by atoms with E-state index in [9.17, 15) is 0 Å². The molecule has 96 valence electrons. The molecule has 0 aromatic heterocycles. The van der Waals surface area contributed by atoms with E-state index >= 15 is 0 Å². The predicted octanol–water partition coefficient (Wildman–Crippen LogP) is 3.68. The fourth-order valence-corrected chi connectivity index (χ4v) is 1.99. The Morgan fingerprint density at radius 2 is 2.18 bits per heavy atom. The number of ether oxygens (including phenoxy) is 1. The summed E-state index contributed by atoms with van der Waals surface area (Å²) in [6.07, 6.45) is 0. The molecule has 0 bridgehead atoms. The van der Waals surface area contributed by atoms with E-state index in [0.29, 0.717) is 24.4 Å². The van der Waals surface area contributed by atoms with Gasteiger partial charge in [0.2, 0.25) is 0 Å². The molecule has 2 atom stereocenters. The van der Waals surface area contributed by atoms with Gasteiger partial charge < -0.3 is 10.1 Å². The maximum absolute atomic E-state index is 5.80. The Hall–Kier alpha value is -0.250. The molecule has 2 unspecified atom stereocenters. The normalized spacial score (nSPS) is 14.4. The van der Waals surface area contributed by atoms with Crippen LogP contribution in [0.5, 0.6) is 5.75 Å². The van der Waals surface area contributed by atoms with Crippen LogP contribution in [0.1, 0.15) is 13.8 Å². The summed E-state index contributed by atoms with van der Waals surface area (Å²) in [5.41, 5.74) is 0. The van der Waals surface area contributed by atoms with Gasteiger partial charge in [-0.15, -0.1) is 11.6 Å². The smallest absolute Gasteiger partial charge is 0.120 e. The molecule has 0 heterocycles. The lowest BCUT2D eigenvalue weighted by Crippen LogP contribution is -2.35. The second-order valence-electron chi connectivity index (χ2n) is 4.18. The third-order valence-electron chi connectivity index (χ3n) is 2.73. The molecule has 0 spiro atoms. The largest absolute Gasteiger partial charge is 0.492 e. The van der Waals surface area contributed by atoms with Crippen LogP contribution in [0.15, 0.2) is 28.7 Å². The van der Waals surface area contributed by atoms with Gasteiger partial charge in [-0.25, -0.2) is 0 Å². The lowest BCUT2D eigenvalue weighted by atomic mass is 10.1. The predicted molar refractivity (Wildman–Crippen MR) is 77.0 cm³/mol. The first-order valence-electron chi connectivity index (χ1n) is 5.81. The number of hydrogen-bond donors (Lipinski definition) is 1. The van der Waals surface area contributed by atoms with E-state index in [1.165, 1.54) is 0 Å². The summed E-state index contributed by atoms with van der Waals surface area (Å²) in [5.74, 6) is 2.04. The summed E-state index contributed by atoms with van der Waals surface area (Å²) in [4.78, 5) is 0. The molecule has 1 aromatic rings. The fraction of sp³-hybridized carbons (Fsp3) is 0.538. The highest BCUT2D eigenvalue weighted by Crippen LogP contribution is 2.17. The molecule has 1 rings (SSSR count). The van der Waals surface area contributed by atoms with Crippen molar-refractivity contribution in [3.05, 3.63) is 28.7 Å². The third kappa shape index (κ3) is 5.75. The molecule has 0 aliphatic rings. The van der Waals surface area contributed by atoms with Crippen molar-refractivity contribution < 1.29 is 4.74 Å². The van der Waals surface area contributed by atoms with Gasteiger partial charge in [-0.2, -0.15) is 0 Å². The van der Waals surface area contributed by atoms with Crippen LogP contribution in [0, 0.1) is 5.92 Å². The van der Waals surface area contributed by atoms with Crippen LogP contribution >= 0.6 is 27.5 Å². The molecule has 0 aliphatic heterocycles. The molecule has 0 saturated carbocycles. The number of nitrogens with one attached hydrogen (secondary N) is 1. The molecule has 0 amide bonds. The maximum atomic E-state index is 5.80. The van der Waals surface area contributed by atoms with Crippen LogP contribution in [0.3, 0.4) is 0 Å². The highest BCUT2D eigenvalue weighted by Gasteiger charge is 2.09. The van der Waals surface area contributed by atoms with E-state index in [1.807, 2.05) is 24.3 Å². The summed E-state index contributed by atoms with van der Waals surface area (Å²) >= 11 is 9.21. The van der Waals surface area contributed by atoms with Crippen LogP contribution < -0.4 is 10.1 Å². The molecule has 0 fully saturated rings. The van der Waals surface area contributed by atoms with E-state index in [4.69, 9.17) is 16.3 Å². The van der Waals surface area contributed by atoms with Gasteiger partial charge in [-0.1, -0.05) is 28.9 Å². The minimum atomic E-state index is 0.415. The molecule has 1 N–H and O–H groups in total. The van der Waals surface area contributed by atoms with Gasteiger partial charge in [0, 0.05) is 22.9 Å². The summed E-state index contributed by atoms with van der Waals surface area (Å²) in [6, 6.07) is 8.28. The molecule has 0 radical (unpaired) electrons. The number of benzene rings is 1. The second kappa shape index (κ2) is 7.96. The highest BCUT2D eigenvalue weighted by molar-refractivity contribution is 9.10. The fourth-order valence-electron chi connectivity index (χ4n) is 1.35. The summed E-state index contributed by atoms with van der Waals surface area (Å²) in [7, 11) is 0. The number of hydrogen-bond acceptors (Lipinski definition) is 2. The van der Waals surface area contributed by atoms with Gasteiger partial charge in [-0.3, -0.25) is 0 Å². The van der Waals surface area contributed by atoms with Crippen LogP contribution in [0.2, 0.25) is 0 Å².